The minimum absolute atomic E-state index is 0.307. The second kappa shape index (κ2) is 4.33. The van der Waals surface area contributed by atoms with Gasteiger partial charge in [0.05, 0.1) is 0 Å². The lowest BCUT2D eigenvalue weighted by Gasteiger charge is -2.52. The van der Waals surface area contributed by atoms with E-state index in [4.69, 9.17) is 0 Å². The van der Waals surface area contributed by atoms with E-state index < -0.39 is 0 Å². The molecule has 0 N–H and O–H groups in total. The molecule has 0 amide bonds. The molecule has 1 rings (SSSR count). The molecule has 0 aliphatic carbocycles. The Hall–Kier alpha value is -0.0400. The monoisotopic (exact) mass is 225 g/mol. The zero-order valence-corrected chi connectivity index (χ0v) is 12.6. The third-order valence-corrected chi connectivity index (χ3v) is 4.20. The van der Waals surface area contributed by atoms with Crippen LogP contribution in [0, 0.1) is 11.3 Å². The van der Waals surface area contributed by atoms with Crippen LogP contribution in [0.5, 0.6) is 0 Å². The maximum absolute atomic E-state index is 2.70. The average Bonchev–Trinajstić information content (AvgIpc) is 1.97. The number of nitrogens with zero attached hydrogens (tertiary/aromatic N) is 1. The average molecular weight is 225 g/mol. The fourth-order valence-corrected chi connectivity index (χ4v) is 3.61. The van der Waals surface area contributed by atoms with Crippen molar-refractivity contribution in [3.63, 3.8) is 0 Å². The quantitative estimate of drug-likeness (QED) is 0.593. The van der Waals surface area contributed by atoms with Crippen LogP contribution in [-0.2, 0) is 0 Å². The predicted octanol–water partition coefficient (Wildman–Crippen LogP) is 4.32. The van der Waals surface area contributed by atoms with Gasteiger partial charge < -0.3 is 0 Å². The van der Waals surface area contributed by atoms with Crippen molar-refractivity contribution < 1.29 is 0 Å². The molecule has 1 heteroatoms. The Morgan fingerprint density at radius 2 is 1.19 bits per heavy atom. The van der Waals surface area contributed by atoms with Crippen molar-refractivity contribution >= 4 is 0 Å². The third-order valence-electron chi connectivity index (χ3n) is 4.20. The Labute approximate surface area is 103 Å². The summed E-state index contributed by atoms with van der Waals surface area (Å²) in [7, 11) is 0. The summed E-state index contributed by atoms with van der Waals surface area (Å²) in [6.07, 6.45) is 2.70. The SMILES string of the molecule is C[C@H]1CC(C(C)(C)C)C[C@H](C)N1C(C)(C)C. The van der Waals surface area contributed by atoms with Crippen LogP contribution in [0.25, 0.3) is 0 Å². The molecule has 1 heterocycles. The maximum Gasteiger partial charge on any atom is 0.0130 e. The number of rotatable bonds is 0. The van der Waals surface area contributed by atoms with Gasteiger partial charge in [-0.05, 0) is 58.8 Å². The lowest BCUT2D eigenvalue weighted by molar-refractivity contribution is -0.0280. The summed E-state index contributed by atoms with van der Waals surface area (Å²) in [5.41, 5.74) is 0.772. The fraction of sp³-hybridized carbons (Fsp3) is 1.00. The highest BCUT2D eigenvalue weighted by atomic mass is 15.2. The van der Waals surface area contributed by atoms with Crippen LogP contribution in [-0.4, -0.2) is 22.5 Å². The Kier molecular flexibility index (Phi) is 3.79. The van der Waals surface area contributed by atoms with Crippen molar-refractivity contribution in [2.24, 2.45) is 11.3 Å². The smallest absolute Gasteiger partial charge is 0.0130 e. The molecule has 96 valence electrons. The first-order chi connectivity index (χ1) is 7.03. The predicted molar refractivity (Wildman–Crippen MR) is 72.7 cm³/mol. The van der Waals surface area contributed by atoms with Crippen molar-refractivity contribution in [3.8, 4) is 0 Å². The van der Waals surface area contributed by atoms with Crippen molar-refractivity contribution in [1.82, 2.24) is 4.90 Å². The fourth-order valence-electron chi connectivity index (χ4n) is 3.61. The van der Waals surface area contributed by atoms with Gasteiger partial charge in [-0.1, -0.05) is 20.8 Å². The molecular formula is C15H31N. The molecule has 1 aliphatic heterocycles. The third kappa shape index (κ3) is 3.00. The van der Waals surface area contributed by atoms with Crippen molar-refractivity contribution in [2.45, 2.75) is 85.9 Å². The molecule has 0 aromatic heterocycles. The van der Waals surface area contributed by atoms with Gasteiger partial charge in [-0.15, -0.1) is 0 Å². The summed E-state index contributed by atoms with van der Waals surface area (Å²) in [4.78, 5) is 2.70. The Balaban J connectivity index is 2.80. The molecule has 0 spiro atoms. The van der Waals surface area contributed by atoms with Gasteiger partial charge in [-0.2, -0.15) is 0 Å². The molecule has 1 saturated heterocycles. The van der Waals surface area contributed by atoms with E-state index >= 15 is 0 Å². The minimum atomic E-state index is 0.307. The summed E-state index contributed by atoms with van der Waals surface area (Å²) < 4.78 is 0. The van der Waals surface area contributed by atoms with Crippen LogP contribution in [0.1, 0.15) is 68.2 Å². The van der Waals surface area contributed by atoms with Crippen LogP contribution >= 0.6 is 0 Å². The van der Waals surface area contributed by atoms with E-state index in [1.165, 1.54) is 12.8 Å². The van der Waals surface area contributed by atoms with E-state index in [1.54, 1.807) is 0 Å². The molecule has 1 fully saturated rings. The first-order valence-corrected chi connectivity index (χ1v) is 6.82. The highest BCUT2D eigenvalue weighted by Gasteiger charge is 2.40. The zero-order chi connectivity index (χ0) is 12.7. The summed E-state index contributed by atoms with van der Waals surface area (Å²) in [5, 5.41) is 0. The minimum Gasteiger partial charge on any atom is -0.293 e. The number of hydrogen-bond donors (Lipinski definition) is 0. The highest BCUT2D eigenvalue weighted by Crippen LogP contribution is 2.41. The zero-order valence-electron chi connectivity index (χ0n) is 12.6. The lowest BCUT2D eigenvalue weighted by atomic mass is 9.70. The van der Waals surface area contributed by atoms with Crippen LogP contribution in [0.3, 0.4) is 0 Å². The summed E-state index contributed by atoms with van der Waals surface area (Å²) in [6.45, 7) is 19.0. The summed E-state index contributed by atoms with van der Waals surface area (Å²) in [6, 6.07) is 1.43. The summed E-state index contributed by atoms with van der Waals surface area (Å²) >= 11 is 0. The molecule has 1 aliphatic rings. The lowest BCUT2D eigenvalue weighted by Crippen LogP contribution is -2.56. The molecule has 0 aromatic rings. The second-order valence-electron chi connectivity index (χ2n) is 7.81. The molecule has 1 nitrogen and oxygen atoms in total. The van der Waals surface area contributed by atoms with Gasteiger partial charge in [0.2, 0.25) is 0 Å². The van der Waals surface area contributed by atoms with E-state index in [1.807, 2.05) is 0 Å². The first-order valence-electron chi connectivity index (χ1n) is 6.82. The van der Waals surface area contributed by atoms with Crippen molar-refractivity contribution in [1.29, 1.82) is 0 Å². The van der Waals surface area contributed by atoms with Gasteiger partial charge in [0.25, 0.3) is 0 Å². The first kappa shape index (κ1) is 14.0. The molecule has 16 heavy (non-hydrogen) atoms. The normalized spacial score (nSPS) is 34.1. The highest BCUT2D eigenvalue weighted by molar-refractivity contribution is 4.94. The molecule has 0 bridgehead atoms. The van der Waals surface area contributed by atoms with E-state index in [0.29, 0.717) is 23.0 Å². The molecule has 0 saturated carbocycles. The largest absolute Gasteiger partial charge is 0.293 e. The Morgan fingerprint density at radius 3 is 1.44 bits per heavy atom. The Bertz CT molecular complexity index is 219. The van der Waals surface area contributed by atoms with Crippen LogP contribution in [0.4, 0.5) is 0 Å². The molecule has 2 atom stereocenters. The van der Waals surface area contributed by atoms with Gasteiger partial charge in [0, 0.05) is 17.6 Å². The van der Waals surface area contributed by atoms with Crippen molar-refractivity contribution in [3.05, 3.63) is 0 Å². The molecule has 0 radical (unpaired) electrons. The number of hydrogen-bond acceptors (Lipinski definition) is 1. The van der Waals surface area contributed by atoms with Crippen molar-refractivity contribution in [2.75, 3.05) is 0 Å². The second-order valence-corrected chi connectivity index (χ2v) is 7.81. The number of likely N-dealkylation sites (tertiary alicyclic amines) is 1. The van der Waals surface area contributed by atoms with Gasteiger partial charge in [-0.25, -0.2) is 0 Å². The molecule has 0 unspecified atom stereocenters. The Morgan fingerprint density at radius 1 is 0.812 bits per heavy atom. The van der Waals surface area contributed by atoms with E-state index in [0.717, 1.165) is 5.92 Å². The maximum atomic E-state index is 2.70. The van der Waals surface area contributed by atoms with E-state index in [-0.39, 0.29) is 0 Å². The molecular weight excluding hydrogens is 194 g/mol. The van der Waals surface area contributed by atoms with Gasteiger partial charge >= 0.3 is 0 Å². The van der Waals surface area contributed by atoms with Gasteiger partial charge in [-0.3, -0.25) is 4.90 Å². The topological polar surface area (TPSA) is 3.24 Å². The van der Waals surface area contributed by atoms with E-state index in [2.05, 4.69) is 60.3 Å². The van der Waals surface area contributed by atoms with Gasteiger partial charge in [0.1, 0.15) is 0 Å². The van der Waals surface area contributed by atoms with Crippen LogP contribution in [0.2, 0.25) is 0 Å². The van der Waals surface area contributed by atoms with Gasteiger partial charge in [0.15, 0.2) is 0 Å². The number of piperidine rings is 1. The van der Waals surface area contributed by atoms with Crippen LogP contribution < -0.4 is 0 Å². The van der Waals surface area contributed by atoms with E-state index in [9.17, 15) is 0 Å². The van der Waals surface area contributed by atoms with Crippen LogP contribution in [0.15, 0.2) is 0 Å². The molecule has 0 aromatic carbocycles. The summed E-state index contributed by atoms with van der Waals surface area (Å²) in [5.74, 6) is 0.871. The standard InChI is InChI=1S/C15H31N/c1-11-9-13(14(3,4)5)10-12(2)16(11)15(6,7)8/h11-13H,9-10H2,1-8H3/t11-,12-/m0/s1.